The molecular weight excluding hydrogens is 180 g/mol. The summed E-state index contributed by atoms with van der Waals surface area (Å²) in [7, 11) is 0. The Bertz CT molecular complexity index is 322. The van der Waals surface area contributed by atoms with Crippen molar-refractivity contribution in [2.45, 2.75) is 13.3 Å². The zero-order valence-corrected chi connectivity index (χ0v) is 7.99. The number of nitrogens with one attached hydrogen (secondary N) is 1. The Morgan fingerprint density at radius 1 is 1.50 bits per heavy atom. The number of hydrogen-bond donors (Lipinski definition) is 1. The van der Waals surface area contributed by atoms with E-state index in [-0.39, 0.29) is 18.2 Å². The predicted octanol–water partition coefficient (Wildman–Crippen LogP) is 0.791. The molecule has 0 fully saturated rings. The molecule has 1 heterocycles. The van der Waals surface area contributed by atoms with Gasteiger partial charge >= 0.3 is 0 Å². The fraction of sp³-hybridized carbons (Fsp3) is 0.300. The molecule has 0 saturated heterocycles. The van der Waals surface area contributed by atoms with Crippen molar-refractivity contribution in [3.8, 4) is 0 Å². The topological polar surface area (TPSA) is 59.1 Å². The smallest absolute Gasteiger partial charge is 0.253 e. The molecule has 0 aliphatic rings. The maximum absolute atomic E-state index is 11.4. The van der Waals surface area contributed by atoms with Gasteiger partial charge in [-0.2, -0.15) is 0 Å². The maximum atomic E-state index is 11.4. The minimum Gasteiger partial charge on any atom is -0.345 e. The molecule has 0 aliphatic carbocycles. The fourth-order valence-electron chi connectivity index (χ4n) is 0.903. The zero-order chi connectivity index (χ0) is 10.4. The van der Waals surface area contributed by atoms with Crippen molar-refractivity contribution in [3.05, 3.63) is 30.1 Å². The molecular formula is C10H12N2O2. The molecule has 0 spiro atoms. The van der Waals surface area contributed by atoms with Crippen LogP contribution in [-0.4, -0.2) is 23.2 Å². The number of aromatic nitrogens is 1. The Hall–Kier alpha value is -1.71. The lowest BCUT2D eigenvalue weighted by molar-refractivity contribution is -0.117. The predicted molar refractivity (Wildman–Crippen MR) is 51.9 cm³/mol. The molecule has 0 radical (unpaired) electrons. The third-order valence-corrected chi connectivity index (χ3v) is 1.76. The van der Waals surface area contributed by atoms with Crippen molar-refractivity contribution in [1.82, 2.24) is 10.3 Å². The number of carbonyl (C=O) groups is 2. The summed E-state index contributed by atoms with van der Waals surface area (Å²) in [5.74, 6) is -0.248. The van der Waals surface area contributed by atoms with Gasteiger partial charge in [-0.25, -0.2) is 0 Å². The highest BCUT2D eigenvalue weighted by molar-refractivity contribution is 5.96. The Morgan fingerprint density at radius 3 is 2.86 bits per heavy atom. The lowest BCUT2D eigenvalue weighted by atomic mass is 10.2. The van der Waals surface area contributed by atoms with E-state index in [0.29, 0.717) is 12.0 Å². The minimum absolute atomic E-state index is 0.0160. The second-order valence-corrected chi connectivity index (χ2v) is 2.82. The van der Waals surface area contributed by atoms with Crippen LogP contribution in [0.2, 0.25) is 0 Å². The number of ketones is 1. The monoisotopic (exact) mass is 192 g/mol. The van der Waals surface area contributed by atoms with Crippen molar-refractivity contribution in [2.24, 2.45) is 0 Å². The molecule has 4 nitrogen and oxygen atoms in total. The van der Waals surface area contributed by atoms with Crippen LogP contribution >= 0.6 is 0 Å². The summed E-state index contributed by atoms with van der Waals surface area (Å²) in [5, 5.41) is 2.52. The van der Waals surface area contributed by atoms with Gasteiger partial charge in [0.2, 0.25) is 0 Å². The van der Waals surface area contributed by atoms with Gasteiger partial charge in [0.05, 0.1) is 12.1 Å². The normalized spacial score (nSPS) is 9.50. The molecule has 0 bridgehead atoms. The van der Waals surface area contributed by atoms with Crippen LogP contribution in [0.5, 0.6) is 0 Å². The van der Waals surface area contributed by atoms with Crippen LogP contribution in [0.3, 0.4) is 0 Å². The molecule has 1 N–H and O–H groups in total. The molecule has 0 aromatic carbocycles. The van der Waals surface area contributed by atoms with Gasteiger partial charge < -0.3 is 5.32 Å². The molecule has 1 amide bonds. The summed E-state index contributed by atoms with van der Waals surface area (Å²) < 4.78 is 0. The highest BCUT2D eigenvalue weighted by atomic mass is 16.2. The summed E-state index contributed by atoms with van der Waals surface area (Å²) in [6, 6.07) is 3.33. The van der Waals surface area contributed by atoms with Crippen molar-refractivity contribution < 1.29 is 9.59 Å². The van der Waals surface area contributed by atoms with Crippen molar-refractivity contribution in [3.63, 3.8) is 0 Å². The van der Waals surface area contributed by atoms with Crippen LogP contribution in [0.15, 0.2) is 24.5 Å². The lowest BCUT2D eigenvalue weighted by Crippen LogP contribution is -2.29. The highest BCUT2D eigenvalue weighted by Gasteiger charge is 2.05. The quantitative estimate of drug-likeness (QED) is 0.767. The van der Waals surface area contributed by atoms with E-state index in [2.05, 4.69) is 10.3 Å². The summed E-state index contributed by atoms with van der Waals surface area (Å²) in [6.45, 7) is 1.85. The van der Waals surface area contributed by atoms with E-state index in [9.17, 15) is 9.59 Å². The number of carbonyl (C=O) groups excluding carboxylic acids is 2. The lowest BCUT2D eigenvalue weighted by Gasteiger charge is -2.02. The number of pyridine rings is 1. The largest absolute Gasteiger partial charge is 0.345 e. The number of amides is 1. The standard InChI is InChI=1S/C10H12N2O2/c1-2-9(13)7-12-10(14)8-4-3-5-11-6-8/h3-6H,2,7H2,1H3,(H,12,14). The van der Waals surface area contributed by atoms with E-state index in [1.807, 2.05) is 0 Å². The van der Waals surface area contributed by atoms with E-state index in [1.165, 1.54) is 6.20 Å². The Labute approximate surface area is 82.3 Å². The van der Waals surface area contributed by atoms with Crippen LogP contribution in [0, 0.1) is 0 Å². The molecule has 0 unspecified atom stereocenters. The van der Waals surface area contributed by atoms with E-state index >= 15 is 0 Å². The van der Waals surface area contributed by atoms with E-state index in [1.54, 1.807) is 25.3 Å². The third-order valence-electron chi connectivity index (χ3n) is 1.76. The first kappa shape index (κ1) is 10.4. The molecule has 1 aromatic heterocycles. The second kappa shape index (κ2) is 5.11. The molecule has 4 heteroatoms. The fourth-order valence-corrected chi connectivity index (χ4v) is 0.903. The van der Waals surface area contributed by atoms with Crippen molar-refractivity contribution >= 4 is 11.7 Å². The Morgan fingerprint density at radius 2 is 2.29 bits per heavy atom. The second-order valence-electron chi connectivity index (χ2n) is 2.82. The van der Waals surface area contributed by atoms with E-state index < -0.39 is 0 Å². The van der Waals surface area contributed by atoms with Gasteiger partial charge in [0.25, 0.3) is 5.91 Å². The Balaban J connectivity index is 2.48. The molecule has 1 rings (SSSR count). The van der Waals surface area contributed by atoms with Gasteiger partial charge in [-0.15, -0.1) is 0 Å². The summed E-state index contributed by atoms with van der Waals surface area (Å²) in [6.07, 6.45) is 3.49. The molecule has 1 aromatic rings. The number of rotatable bonds is 4. The average molecular weight is 192 g/mol. The molecule has 0 aliphatic heterocycles. The van der Waals surface area contributed by atoms with Crippen LogP contribution in [0.4, 0.5) is 0 Å². The summed E-state index contributed by atoms with van der Waals surface area (Å²) in [4.78, 5) is 26.1. The van der Waals surface area contributed by atoms with Gasteiger partial charge in [0.15, 0.2) is 5.78 Å². The van der Waals surface area contributed by atoms with Gasteiger partial charge in [-0.1, -0.05) is 6.92 Å². The first-order chi connectivity index (χ1) is 6.74. The van der Waals surface area contributed by atoms with Crippen LogP contribution in [0.1, 0.15) is 23.7 Å². The highest BCUT2D eigenvalue weighted by Crippen LogP contribution is 1.94. The number of hydrogen-bond acceptors (Lipinski definition) is 3. The number of nitrogens with zero attached hydrogens (tertiary/aromatic N) is 1. The molecule has 74 valence electrons. The SMILES string of the molecule is CCC(=O)CNC(=O)c1cccnc1. The summed E-state index contributed by atoms with van der Waals surface area (Å²) in [5.41, 5.74) is 0.469. The zero-order valence-electron chi connectivity index (χ0n) is 7.99. The first-order valence-corrected chi connectivity index (χ1v) is 4.44. The molecule has 14 heavy (non-hydrogen) atoms. The van der Waals surface area contributed by atoms with Gasteiger partial charge in [-0.05, 0) is 12.1 Å². The van der Waals surface area contributed by atoms with E-state index in [4.69, 9.17) is 0 Å². The van der Waals surface area contributed by atoms with Crippen LogP contribution in [-0.2, 0) is 4.79 Å². The van der Waals surface area contributed by atoms with Crippen molar-refractivity contribution in [2.75, 3.05) is 6.54 Å². The van der Waals surface area contributed by atoms with Gasteiger partial charge in [0.1, 0.15) is 0 Å². The Kier molecular flexibility index (Phi) is 3.79. The van der Waals surface area contributed by atoms with Gasteiger partial charge in [-0.3, -0.25) is 14.6 Å². The van der Waals surface area contributed by atoms with E-state index in [0.717, 1.165) is 0 Å². The first-order valence-electron chi connectivity index (χ1n) is 4.44. The van der Waals surface area contributed by atoms with Crippen LogP contribution < -0.4 is 5.32 Å². The average Bonchev–Trinajstić information content (AvgIpc) is 2.26. The number of Topliss-reactive ketones (excluding diaryl/α,β-unsaturated/α-hetero) is 1. The maximum Gasteiger partial charge on any atom is 0.253 e. The summed E-state index contributed by atoms with van der Waals surface area (Å²) >= 11 is 0. The van der Waals surface area contributed by atoms with Crippen LogP contribution in [0.25, 0.3) is 0 Å². The van der Waals surface area contributed by atoms with Crippen molar-refractivity contribution in [1.29, 1.82) is 0 Å². The third kappa shape index (κ3) is 2.97. The molecule has 0 atom stereocenters. The minimum atomic E-state index is -0.264. The van der Waals surface area contributed by atoms with Gasteiger partial charge in [0, 0.05) is 18.8 Å². The molecule has 0 saturated carbocycles.